The van der Waals surface area contributed by atoms with Gasteiger partial charge in [0.15, 0.2) is 0 Å². The first-order valence-corrected chi connectivity index (χ1v) is 10.2. The summed E-state index contributed by atoms with van der Waals surface area (Å²) in [5, 5.41) is 4.95. The zero-order chi connectivity index (χ0) is 16.7. The number of nitrogens with zero attached hydrogens (tertiary/aromatic N) is 3. The van der Waals surface area contributed by atoms with Gasteiger partial charge in [0.25, 0.3) is 5.56 Å². The van der Waals surface area contributed by atoms with Crippen molar-refractivity contribution >= 4 is 32.9 Å². The Hall–Kier alpha value is -1.50. The molecule has 0 aliphatic carbocycles. The van der Waals surface area contributed by atoms with E-state index in [1.54, 1.807) is 22.7 Å². The van der Waals surface area contributed by atoms with Gasteiger partial charge >= 0.3 is 0 Å². The summed E-state index contributed by atoms with van der Waals surface area (Å²) in [5.41, 5.74) is 1.20. The maximum atomic E-state index is 13.4. The molecule has 0 N–H and O–H groups in total. The summed E-state index contributed by atoms with van der Waals surface area (Å²) in [7, 11) is 2.15. The number of aryl methyl sites for hydroxylation is 1. The van der Waals surface area contributed by atoms with E-state index in [0.29, 0.717) is 0 Å². The Bertz CT molecular complexity index is 902. The molecule has 0 radical (unpaired) electrons. The molecule has 4 rings (SSSR count). The second-order valence-electron chi connectivity index (χ2n) is 6.40. The molecule has 1 aliphatic heterocycles. The summed E-state index contributed by atoms with van der Waals surface area (Å²) in [6.07, 6.45) is 2.84. The van der Waals surface area contributed by atoms with Gasteiger partial charge in [-0.3, -0.25) is 9.36 Å². The van der Waals surface area contributed by atoms with Crippen molar-refractivity contribution in [2.75, 3.05) is 20.1 Å². The van der Waals surface area contributed by atoms with E-state index in [4.69, 9.17) is 4.98 Å². The number of likely N-dealkylation sites (tertiary alicyclic amines) is 1. The molecular weight excluding hydrogens is 338 g/mol. The number of fused-ring (bicyclic) bond motifs is 1. The van der Waals surface area contributed by atoms with Crippen LogP contribution in [0, 0.1) is 0 Å². The molecule has 1 saturated heterocycles. The van der Waals surface area contributed by atoms with Gasteiger partial charge < -0.3 is 4.90 Å². The highest BCUT2D eigenvalue weighted by Gasteiger charge is 2.24. The fourth-order valence-corrected chi connectivity index (χ4v) is 5.31. The quantitative estimate of drug-likeness (QED) is 0.709. The van der Waals surface area contributed by atoms with Crippen LogP contribution in [0.15, 0.2) is 27.7 Å². The molecule has 0 unspecified atom stereocenters. The van der Waals surface area contributed by atoms with Crippen LogP contribution in [0.2, 0.25) is 0 Å². The van der Waals surface area contributed by atoms with Crippen LogP contribution in [-0.4, -0.2) is 34.6 Å². The van der Waals surface area contributed by atoms with Crippen molar-refractivity contribution in [3.8, 4) is 10.4 Å². The van der Waals surface area contributed by atoms with Gasteiger partial charge in [-0.1, -0.05) is 13.0 Å². The summed E-state index contributed by atoms with van der Waals surface area (Å²) in [4.78, 5) is 22.6. The lowest BCUT2D eigenvalue weighted by molar-refractivity contribution is 0.216. The normalized spacial score (nSPS) is 16.9. The summed E-state index contributed by atoms with van der Waals surface area (Å²) < 4.78 is 2.00. The minimum absolute atomic E-state index is 0.149. The van der Waals surface area contributed by atoms with Crippen molar-refractivity contribution in [1.29, 1.82) is 0 Å². The van der Waals surface area contributed by atoms with Crippen LogP contribution in [0.3, 0.4) is 0 Å². The minimum atomic E-state index is 0.149. The molecule has 0 bridgehead atoms. The van der Waals surface area contributed by atoms with Crippen LogP contribution in [0.25, 0.3) is 20.7 Å². The van der Waals surface area contributed by atoms with E-state index < -0.39 is 0 Å². The van der Waals surface area contributed by atoms with Crippen LogP contribution in [0.5, 0.6) is 0 Å². The summed E-state index contributed by atoms with van der Waals surface area (Å²) in [5.74, 6) is 0.932. The number of rotatable bonds is 3. The minimum Gasteiger partial charge on any atom is -0.306 e. The number of hydrogen-bond acceptors (Lipinski definition) is 5. The van der Waals surface area contributed by atoms with E-state index in [2.05, 4.69) is 35.7 Å². The third-order valence-electron chi connectivity index (χ3n) is 4.87. The second-order valence-corrected chi connectivity index (χ2v) is 8.20. The molecule has 1 fully saturated rings. The van der Waals surface area contributed by atoms with Crippen molar-refractivity contribution in [2.45, 2.75) is 32.2 Å². The van der Waals surface area contributed by atoms with Gasteiger partial charge in [-0.15, -0.1) is 22.7 Å². The Morgan fingerprint density at radius 2 is 2.08 bits per heavy atom. The van der Waals surface area contributed by atoms with E-state index in [9.17, 15) is 4.79 Å². The molecule has 0 amide bonds. The number of hydrogen-bond donors (Lipinski definition) is 0. The molecular formula is C18H21N3OS2. The first-order valence-electron chi connectivity index (χ1n) is 8.44. The molecule has 126 valence electrons. The molecule has 3 aromatic rings. The van der Waals surface area contributed by atoms with E-state index in [1.165, 1.54) is 0 Å². The smallest absolute Gasteiger partial charge is 0.263 e. The lowest BCUT2D eigenvalue weighted by atomic mass is 10.0. The molecule has 0 saturated carbocycles. The highest BCUT2D eigenvalue weighted by atomic mass is 32.1. The first-order chi connectivity index (χ1) is 11.7. The number of piperidine rings is 1. The van der Waals surface area contributed by atoms with Crippen LogP contribution < -0.4 is 5.56 Å². The molecule has 4 nitrogen and oxygen atoms in total. The van der Waals surface area contributed by atoms with E-state index in [1.807, 2.05) is 10.6 Å². The third-order valence-corrected chi connectivity index (χ3v) is 6.64. The van der Waals surface area contributed by atoms with Gasteiger partial charge in [-0.25, -0.2) is 4.98 Å². The third kappa shape index (κ3) is 2.62. The average Bonchev–Trinajstić information content (AvgIpc) is 3.24. The predicted molar refractivity (Wildman–Crippen MR) is 102 cm³/mol. The van der Waals surface area contributed by atoms with Crippen molar-refractivity contribution in [1.82, 2.24) is 14.5 Å². The van der Waals surface area contributed by atoms with Gasteiger partial charge in [-0.2, -0.15) is 0 Å². The maximum Gasteiger partial charge on any atom is 0.263 e. The molecule has 0 spiro atoms. The Labute approximate surface area is 149 Å². The van der Waals surface area contributed by atoms with Crippen molar-refractivity contribution < 1.29 is 0 Å². The SMILES string of the molecule is CCc1nc2scc(-c3cccs3)c2c(=O)n1C1CCN(C)CC1. The lowest BCUT2D eigenvalue weighted by Gasteiger charge is -2.31. The van der Waals surface area contributed by atoms with Crippen molar-refractivity contribution in [3.05, 3.63) is 39.1 Å². The van der Waals surface area contributed by atoms with Crippen LogP contribution in [0.4, 0.5) is 0 Å². The topological polar surface area (TPSA) is 38.1 Å². The number of aromatic nitrogens is 2. The Balaban J connectivity index is 1.90. The van der Waals surface area contributed by atoms with Crippen LogP contribution in [0.1, 0.15) is 31.6 Å². The lowest BCUT2D eigenvalue weighted by Crippen LogP contribution is -2.37. The first kappa shape index (κ1) is 16.0. The fourth-order valence-electron chi connectivity index (χ4n) is 3.54. The van der Waals surface area contributed by atoms with Crippen LogP contribution >= 0.6 is 22.7 Å². The Morgan fingerprint density at radius 1 is 1.29 bits per heavy atom. The van der Waals surface area contributed by atoms with Crippen LogP contribution in [-0.2, 0) is 6.42 Å². The van der Waals surface area contributed by atoms with Gasteiger partial charge in [-0.05, 0) is 44.4 Å². The molecule has 1 aliphatic rings. The monoisotopic (exact) mass is 359 g/mol. The molecule has 0 aromatic carbocycles. The van der Waals surface area contributed by atoms with Gasteiger partial charge in [0, 0.05) is 28.3 Å². The van der Waals surface area contributed by atoms with E-state index >= 15 is 0 Å². The predicted octanol–water partition coefficient (Wildman–Crippen LogP) is 4.02. The zero-order valence-electron chi connectivity index (χ0n) is 14.0. The van der Waals surface area contributed by atoms with E-state index in [0.717, 1.165) is 58.8 Å². The molecule has 4 heterocycles. The Morgan fingerprint density at radius 3 is 2.75 bits per heavy atom. The number of thiophene rings is 2. The average molecular weight is 360 g/mol. The van der Waals surface area contributed by atoms with Gasteiger partial charge in [0.1, 0.15) is 10.7 Å². The standard InChI is InChI=1S/C18H21N3OS2/c1-3-15-19-17-16(13(11-24-17)14-5-4-10-23-14)18(22)21(15)12-6-8-20(2)9-7-12/h4-5,10-12H,3,6-9H2,1-2H3. The highest BCUT2D eigenvalue weighted by Crippen LogP contribution is 2.34. The Kier molecular flexibility index (Phi) is 4.28. The van der Waals surface area contributed by atoms with Crippen molar-refractivity contribution in [3.63, 3.8) is 0 Å². The second kappa shape index (κ2) is 6.43. The zero-order valence-corrected chi connectivity index (χ0v) is 15.6. The fraction of sp³-hybridized carbons (Fsp3) is 0.444. The highest BCUT2D eigenvalue weighted by molar-refractivity contribution is 7.18. The largest absolute Gasteiger partial charge is 0.306 e. The van der Waals surface area contributed by atoms with E-state index in [-0.39, 0.29) is 11.6 Å². The molecule has 3 aromatic heterocycles. The molecule has 0 atom stereocenters. The molecule has 24 heavy (non-hydrogen) atoms. The summed E-state index contributed by atoms with van der Waals surface area (Å²) in [6, 6.07) is 4.39. The van der Waals surface area contributed by atoms with Crippen molar-refractivity contribution in [2.24, 2.45) is 0 Å². The maximum absolute atomic E-state index is 13.4. The van der Waals surface area contributed by atoms with Gasteiger partial charge in [0.05, 0.1) is 5.39 Å². The molecule has 6 heteroatoms. The van der Waals surface area contributed by atoms with Gasteiger partial charge in [0.2, 0.25) is 0 Å². The summed E-state index contributed by atoms with van der Waals surface area (Å²) in [6.45, 7) is 4.17. The summed E-state index contributed by atoms with van der Waals surface area (Å²) >= 11 is 3.27.